The third-order valence-corrected chi connectivity index (χ3v) is 2.41. The fourth-order valence-electron chi connectivity index (χ4n) is 0.724. The van der Waals surface area contributed by atoms with E-state index in [4.69, 9.17) is 23.2 Å². The highest BCUT2D eigenvalue weighted by Gasteiger charge is 1.98. The quantitative estimate of drug-likeness (QED) is 0.600. The van der Waals surface area contributed by atoms with Crippen molar-refractivity contribution in [2.24, 2.45) is 0 Å². The molecule has 0 saturated carbocycles. The van der Waals surface area contributed by atoms with Crippen LogP contribution in [0.25, 0.3) is 0 Å². The summed E-state index contributed by atoms with van der Waals surface area (Å²) in [5, 5.41) is 1.47. The van der Waals surface area contributed by atoms with E-state index in [2.05, 4.69) is 0 Å². The first-order valence-corrected chi connectivity index (χ1v) is 4.73. The molecular weight excluding hydrogens is 221 g/mol. The molecule has 1 aromatic carbocycles. The van der Waals surface area contributed by atoms with Gasteiger partial charge in [-0.3, -0.25) is 0 Å². The summed E-state index contributed by atoms with van der Waals surface area (Å²) in [6.45, 7) is 0. The summed E-state index contributed by atoms with van der Waals surface area (Å²) in [4.78, 5) is 0. The molecule has 62 valence electrons. The zero-order valence-electron chi connectivity index (χ0n) is 5.78. The van der Waals surface area contributed by atoms with Gasteiger partial charge in [-0.25, -0.2) is 0 Å². The predicted octanol–water partition coefficient (Wildman–Crippen LogP) is 0.105. The summed E-state index contributed by atoms with van der Waals surface area (Å²) in [5.41, 5.74) is 1.16. The molecule has 0 aliphatic carbocycles. The third kappa shape index (κ3) is 3.17. The normalized spacial score (nSPS) is 9.27. The number of hydrogen-bond acceptors (Lipinski definition) is 0. The van der Waals surface area contributed by atoms with Gasteiger partial charge in [-0.1, -0.05) is 29.3 Å². The van der Waals surface area contributed by atoms with E-state index < -0.39 is 0 Å². The van der Waals surface area contributed by atoms with Gasteiger partial charge in [-0.15, -0.1) is 0 Å². The molecular formula is C7H8Cl3P. The van der Waals surface area contributed by atoms with Gasteiger partial charge in [0.1, 0.15) is 0 Å². The average Bonchev–Trinajstić information content (AvgIpc) is 1.88. The standard InChI is InChI=1S/C7H7Cl2P.ClH/c8-6-2-1-5(4-10)7(9)3-6;/h1-3H,4,10H2;1H. The Labute approximate surface area is 84.9 Å². The van der Waals surface area contributed by atoms with Gasteiger partial charge < -0.3 is 12.4 Å². The minimum absolute atomic E-state index is 0. The molecule has 1 unspecified atom stereocenters. The molecule has 0 aliphatic heterocycles. The maximum absolute atomic E-state index is 5.85. The average molecular weight is 229 g/mol. The van der Waals surface area contributed by atoms with E-state index >= 15 is 0 Å². The van der Waals surface area contributed by atoms with Crippen LogP contribution in [0, 0.1) is 0 Å². The number of benzene rings is 1. The van der Waals surface area contributed by atoms with Gasteiger partial charge in [-0.2, -0.15) is 0 Å². The lowest BCUT2D eigenvalue weighted by atomic mass is 10.2. The summed E-state index contributed by atoms with van der Waals surface area (Å²) < 4.78 is 0. The summed E-state index contributed by atoms with van der Waals surface area (Å²) in [6, 6.07) is 5.58. The van der Waals surface area contributed by atoms with Gasteiger partial charge in [0.25, 0.3) is 0 Å². The van der Waals surface area contributed by atoms with Gasteiger partial charge in [0, 0.05) is 15.6 Å². The lowest BCUT2D eigenvalue weighted by molar-refractivity contribution is -0.00000177. The van der Waals surface area contributed by atoms with Crippen molar-refractivity contribution < 1.29 is 12.4 Å². The Kier molecular flexibility index (Phi) is 5.46. The Hall–Kier alpha value is 0.520. The zero-order valence-corrected chi connectivity index (χ0v) is 9.46. The second-order valence-corrected chi connectivity index (χ2v) is 3.33. The van der Waals surface area contributed by atoms with Crippen LogP contribution >= 0.6 is 32.4 Å². The maximum Gasteiger partial charge on any atom is 0.0789 e. The Morgan fingerprint density at radius 2 is 1.91 bits per heavy atom. The van der Waals surface area contributed by atoms with E-state index in [0.717, 1.165) is 16.7 Å². The lowest BCUT2D eigenvalue weighted by Gasteiger charge is -1.96. The van der Waals surface area contributed by atoms with Crippen LogP contribution in [-0.2, 0) is 6.16 Å². The van der Waals surface area contributed by atoms with Crippen molar-refractivity contribution in [3.8, 4) is 0 Å². The van der Waals surface area contributed by atoms with Crippen molar-refractivity contribution in [1.29, 1.82) is 0 Å². The molecule has 0 fully saturated rings. The monoisotopic (exact) mass is 228 g/mol. The highest BCUT2D eigenvalue weighted by Crippen LogP contribution is 2.22. The van der Waals surface area contributed by atoms with Crippen molar-refractivity contribution in [2.45, 2.75) is 6.16 Å². The molecule has 0 bridgehead atoms. The van der Waals surface area contributed by atoms with Crippen LogP contribution in [0.2, 0.25) is 10.0 Å². The van der Waals surface area contributed by atoms with Crippen LogP contribution in [0.1, 0.15) is 5.56 Å². The Morgan fingerprint density at radius 1 is 1.27 bits per heavy atom. The Morgan fingerprint density at radius 3 is 2.36 bits per heavy atom. The number of rotatable bonds is 1. The third-order valence-electron chi connectivity index (χ3n) is 1.28. The van der Waals surface area contributed by atoms with Crippen LogP contribution in [0.4, 0.5) is 0 Å². The number of hydrogen-bond donors (Lipinski definition) is 0. The highest BCUT2D eigenvalue weighted by molar-refractivity contribution is 7.15. The zero-order chi connectivity index (χ0) is 7.56. The first-order chi connectivity index (χ1) is 4.74. The summed E-state index contributed by atoms with van der Waals surface area (Å²) in [7, 11) is 1.88. The lowest BCUT2D eigenvalue weighted by Crippen LogP contribution is -3.00. The fourth-order valence-corrected chi connectivity index (χ4v) is 1.82. The second-order valence-electron chi connectivity index (χ2n) is 1.99. The topological polar surface area (TPSA) is 0 Å². The van der Waals surface area contributed by atoms with Crippen molar-refractivity contribution >= 4 is 32.4 Å². The van der Waals surface area contributed by atoms with Gasteiger partial charge in [0.15, 0.2) is 0 Å². The van der Waals surface area contributed by atoms with Crippen LogP contribution in [-0.4, -0.2) is 0 Å². The molecule has 1 rings (SSSR count). The largest absolute Gasteiger partial charge is 1.00 e. The van der Waals surface area contributed by atoms with Crippen molar-refractivity contribution in [3.63, 3.8) is 0 Å². The molecule has 0 aliphatic rings. The molecule has 1 aromatic rings. The highest BCUT2D eigenvalue weighted by atomic mass is 35.5. The fraction of sp³-hybridized carbons (Fsp3) is 0.143. The maximum atomic E-state index is 5.85. The molecule has 0 aromatic heterocycles. The van der Waals surface area contributed by atoms with Gasteiger partial charge in [-0.05, 0) is 21.4 Å². The van der Waals surface area contributed by atoms with Crippen LogP contribution < -0.4 is 12.4 Å². The molecule has 0 nitrogen and oxygen atoms in total. The van der Waals surface area contributed by atoms with Gasteiger partial charge in [0.05, 0.1) is 6.16 Å². The van der Waals surface area contributed by atoms with Gasteiger partial charge >= 0.3 is 0 Å². The van der Waals surface area contributed by atoms with Crippen molar-refractivity contribution in [1.82, 2.24) is 0 Å². The van der Waals surface area contributed by atoms with E-state index in [9.17, 15) is 0 Å². The molecule has 1 atom stereocenters. The van der Waals surface area contributed by atoms with E-state index in [1.54, 1.807) is 6.07 Å². The summed E-state index contributed by atoms with van der Waals surface area (Å²) >= 11 is 11.5. The first kappa shape index (κ1) is 11.5. The molecule has 0 radical (unpaired) electrons. The molecule has 0 amide bonds. The minimum Gasteiger partial charge on any atom is -1.00 e. The van der Waals surface area contributed by atoms with E-state index in [1.807, 2.05) is 21.4 Å². The summed E-state index contributed by atoms with van der Waals surface area (Å²) in [5.74, 6) is 0. The van der Waals surface area contributed by atoms with E-state index in [1.165, 1.54) is 0 Å². The molecule has 0 spiro atoms. The van der Waals surface area contributed by atoms with Crippen molar-refractivity contribution in [3.05, 3.63) is 33.8 Å². The van der Waals surface area contributed by atoms with Crippen LogP contribution in [0.5, 0.6) is 0 Å². The molecule has 11 heavy (non-hydrogen) atoms. The molecule has 4 heteroatoms. The molecule has 0 heterocycles. The Balaban J connectivity index is 0.000001000. The molecule has 0 N–H and O–H groups in total. The van der Waals surface area contributed by atoms with E-state index in [0.29, 0.717) is 5.02 Å². The van der Waals surface area contributed by atoms with Crippen molar-refractivity contribution in [2.75, 3.05) is 0 Å². The first-order valence-electron chi connectivity index (χ1n) is 2.97. The number of halogens is 3. The van der Waals surface area contributed by atoms with E-state index in [-0.39, 0.29) is 12.4 Å². The minimum atomic E-state index is 0. The predicted molar refractivity (Wildman–Crippen MR) is 51.3 cm³/mol. The SMILES string of the molecule is [Cl-].[PH3+]Cc1ccc(Cl)cc1Cl. The smallest absolute Gasteiger partial charge is 0.0789 e. The van der Waals surface area contributed by atoms with Crippen LogP contribution in [0.15, 0.2) is 18.2 Å². The van der Waals surface area contributed by atoms with Gasteiger partial charge in [0.2, 0.25) is 0 Å². The van der Waals surface area contributed by atoms with Crippen LogP contribution in [0.3, 0.4) is 0 Å². The molecule has 0 saturated heterocycles. The second kappa shape index (κ2) is 5.22. The Bertz CT molecular complexity index is 237. The summed E-state index contributed by atoms with van der Waals surface area (Å²) in [6.07, 6.45) is 0.982.